The summed E-state index contributed by atoms with van der Waals surface area (Å²) in [7, 11) is 2.08. The number of nitrogens with zero attached hydrogens (tertiary/aromatic N) is 1. The van der Waals surface area contributed by atoms with Gasteiger partial charge in [-0.3, -0.25) is 5.32 Å². The van der Waals surface area contributed by atoms with Crippen molar-refractivity contribution in [3.8, 4) is 11.1 Å². The van der Waals surface area contributed by atoms with E-state index in [-0.39, 0.29) is 5.02 Å². The molecule has 0 saturated carbocycles. The molecule has 1 aliphatic rings. The van der Waals surface area contributed by atoms with Gasteiger partial charge < -0.3 is 20.2 Å². The number of carboxylic acid groups (broad SMARTS) is 3. The van der Waals surface area contributed by atoms with Gasteiger partial charge in [-0.25, -0.2) is 18.8 Å². The average Bonchev–Trinajstić information content (AvgIpc) is 3.11. The number of nitrogens with one attached hydrogen (secondary N) is 1. The molecule has 3 rings (SSSR count). The zero-order valence-corrected chi connectivity index (χ0v) is 17.6. The van der Waals surface area contributed by atoms with E-state index in [9.17, 15) is 14.3 Å². The zero-order chi connectivity index (χ0) is 23.3. The number of aliphatic carboxylic acids is 2. The van der Waals surface area contributed by atoms with Gasteiger partial charge in [-0.15, -0.1) is 0 Å². The fourth-order valence-corrected chi connectivity index (χ4v) is 3.71. The van der Waals surface area contributed by atoms with E-state index in [0.717, 1.165) is 30.6 Å². The summed E-state index contributed by atoms with van der Waals surface area (Å²) < 4.78 is 13.5. The number of carboxylic acids is 2. The molecule has 1 atom stereocenters. The molecule has 10 heteroatoms. The van der Waals surface area contributed by atoms with Crippen LogP contribution in [0.15, 0.2) is 30.3 Å². The maximum absolute atomic E-state index is 13.5. The van der Waals surface area contributed by atoms with E-state index >= 15 is 0 Å². The lowest BCUT2D eigenvalue weighted by atomic mass is 9.89. The van der Waals surface area contributed by atoms with Crippen molar-refractivity contribution in [1.82, 2.24) is 4.90 Å². The van der Waals surface area contributed by atoms with E-state index in [0.29, 0.717) is 22.7 Å². The van der Waals surface area contributed by atoms with Crippen LogP contribution in [-0.4, -0.2) is 58.4 Å². The summed E-state index contributed by atoms with van der Waals surface area (Å²) in [5.74, 6) is -3.77. The molecule has 2 aromatic carbocycles. The Morgan fingerprint density at radius 2 is 1.77 bits per heavy atom. The van der Waals surface area contributed by atoms with E-state index in [4.69, 9.17) is 31.4 Å². The molecule has 1 heterocycles. The molecule has 1 aliphatic heterocycles. The van der Waals surface area contributed by atoms with Crippen molar-refractivity contribution in [2.45, 2.75) is 19.3 Å². The molecule has 166 valence electrons. The molecule has 0 aromatic heterocycles. The summed E-state index contributed by atoms with van der Waals surface area (Å²) in [5.41, 5.74) is 3.94. The average molecular weight is 453 g/mol. The smallest absolute Gasteiger partial charge is 0.414 e. The minimum atomic E-state index is -1.82. The van der Waals surface area contributed by atoms with Crippen molar-refractivity contribution in [2.75, 3.05) is 25.5 Å². The van der Waals surface area contributed by atoms with Crippen LogP contribution in [0, 0.1) is 12.7 Å². The molecule has 0 unspecified atom stereocenters. The fourth-order valence-electron chi connectivity index (χ4n) is 3.53. The van der Waals surface area contributed by atoms with Crippen molar-refractivity contribution in [2.24, 2.45) is 0 Å². The number of likely N-dealkylation sites (N-methyl/N-ethyl adjacent to an activating group) is 1. The van der Waals surface area contributed by atoms with Gasteiger partial charge in [-0.2, -0.15) is 0 Å². The molecule has 0 spiro atoms. The molecule has 1 saturated heterocycles. The van der Waals surface area contributed by atoms with Gasteiger partial charge in [0, 0.05) is 12.1 Å². The van der Waals surface area contributed by atoms with Crippen LogP contribution in [0.4, 0.5) is 14.9 Å². The van der Waals surface area contributed by atoms with Gasteiger partial charge in [0.2, 0.25) is 0 Å². The number of halogens is 2. The predicted molar refractivity (Wildman–Crippen MR) is 113 cm³/mol. The maximum Gasteiger partial charge on any atom is 0.414 e. The van der Waals surface area contributed by atoms with Crippen LogP contribution < -0.4 is 5.32 Å². The van der Waals surface area contributed by atoms with E-state index in [1.165, 1.54) is 12.1 Å². The lowest BCUT2D eigenvalue weighted by molar-refractivity contribution is -0.159. The minimum absolute atomic E-state index is 0.0120. The van der Waals surface area contributed by atoms with Gasteiger partial charge >= 0.3 is 18.0 Å². The third-order valence-electron chi connectivity index (χ3n) is 4.98. The first kappa shape index (κ1) is 24.1. The summed E-state index contributed by atoms with van der Waals surface area (Å²) in [5, 5.41) is 26.6. The molecule has 1 fully saturated rings. The van der Waals surface area contributed by atoms with Crippen LogP contribution in [0.5, 0.6) is 0 Å². The molecule has 4 N–H and O–H groups in total. The summed E-state index contributed by atoms with van der Waals surface area (Å²) >= 11 is 5.90. The van der Waals surface area contributed by atoms with Crippen molar-refractivity contribution in [3.05, 3.63) is 52.3 Å². The molecule has 31 heavy (non-hydrogen) atoms. The molecule has 8 nitrogen and oxygen atoms in total. The van der Waals surface area contributed by atoms with Gasteiger partial charge in [0.1, 0.15) is 5.82 Å². The van der Waals surface area contributed by atoms with Crippen molar-refractivity contribution in [1.29, 1.82) is 0 Å². The highest BCUT2D eigenvalue weighted by Crippen LogP contribution is 2.38. The van der Waals surface area contributed by atoms with E-state index in [1.54, 1.807) is 6.07 Å². The van der Waals surface area contributed by atoms with Crippen LogP contribution in [-0.2, 0) is 9.59 Å². The Labute approximate surface area is 182 Å². The van der Waals surface area contributed by atoms with Gasteiger partial charge in [0.25, 0.3) is 0 Å². The van der Waals surface area contributed by atoms with Crippen molar-refractivity contribution < 1.29 is 34.1 Å². The first-order valence-corrected chi connectivity index (χ1v) is 9.62. The molecule has 0 aliphatic carbocycles. The SMILES string of the molecule is Cc1c([C@H]2CCN(C)C2)ccc(-c2ccc(F)c(Cl)c2)c1NC(=O)O.O=C(O)C(=O)O. The number of benzene rings is 2. The van der Waals surface area contributed by atoms with Crippen LogP contribution in [0.25, 0.3) is 11.1 Å². The summed E-state index contributed by atoms with van der Waals surface area (Å²) in [6.07, 6.45) is -0.0794. The lowest BCUT2D eigenvalue weighted by Gasteiger charge is -2.20. The normalized spacial score (nSPS) is 15.7. The topological polar surface area (TPSA) is 127 Å². The van der Waals surface area contributed by atoms with Crippen LogP contribution in [0.3, 0.4) is 0 Å². The highest BCUT2D eigenvalue weighted by atomic mass is 35.5. The highest BCUT2D eigenvalue weighted by Gasteiger charge is 2.25. The van der Waals surface area contributed by atoms with Crippen LogP contribution in [0.2, 0.25) is 5.02 Å². The molecule has 1 amide bonds. The highest BCUT2D eigenvalue weighted by molar-refractivity contribution is 6.31. The minimum Gasteiger partial charge on any atom is -0.473 e. The second kappa shape index (κ2) is 10.2. The first-order valence-electron chi connectivity index (χ1n) is 9.24. The second-order valence-electron chi connectivity index (χ2n) is 7.12. The molecular formula is C21H22ClFN2O6. The summed E-state index contributed by atoms with van der Waals surface area (Å²) in [6, 6.07) is 8.33. The number of carbonyl (C=O) groups is 3. The fraction of sp³-hybridized carbons (Fsp3) is 0.286. The quantitative estimate of drug-likeness (QED) is 0.516. The second-order valence-corrected chi connectivity index (χ2v) is 7.53. The number of rotatable bonds is 3. The van der Waals surface area contributed by atoms with Crippen molar-refractivity contribution >= 4 is 35.3 Å². The number of anilines is 1. The van der Waals surface area contributed by atoms with Gasteiger partial charge in [0.05, 0.1) is 10.7 Å². The third kappa shape index (κ3) is 6.16. The zero-order valence-electron chi connectivity index (χ0n) is 16.9. The Bertz CT molecular complexity index is 1000. The van der Waals surface area contributed by atoms with Crippen LogP contribution in [0.1, 0.15) is 23.5 Å². The summed E-state index contributed by atoms with van der Waals surface area (Å²) in [6.45, 7) is 3.91. The van der Waals surface area contributed by atoms with E-state index in [1.807, 2.05) is 19.1 Å². The molecule has 2 aromatic rings. The Morgan fingerprint density at radius 3 is 2.26 bits per heavy atom. The Morgan fingerprint density at radius 1 is 1.13 bits per heavy atom. The van der Waals surface area contributed by atoms with Crippen molar-refractivity contribution in [3.63, 3.8) is 0 Å². The number of hydrogen-bond donors (Lipinski definition) is 4. The Hall–Kier alpha value is -3.17. The number of likely N-dealkylation sites (tertiary alicyclic amines) is 1. The molecule has 0 bridgehead atoms. The Balaban J connectivity index is 0.000000501. The Kier molecular flexibility index (Phi) is 7.95. The monoisotopic (exact) mass is 452 g/mol. The summed E-state index contributed by atoms with van der Waals surface area (Å²) in [4.78, 5) is 31.8. The lowest BCUT2D eigenvalue weighted by Crippen LogP contribution is -2.15. The standard InChI is InChI=1S/C19H20ClFN2O2.C2H2O4/c1-11-14(13-7-8-23(2)10-13)4-5-15(18(11)22-19(24)25)12-3-6-17(21)16(20)9-12;3-1(4)2(5)6/h3-6,9,13,22H,7-8,10H2,1-2H3,(H,24,25);(H,3,4)(H,5,6)/t13-;/m0./s1. The van der Waals surface area contributed by atoms with Gasteiger partial charge in [0.15, 0.2) is 0 Å². The largest absolute Gasteiger partial charge is 0.473 e. The predicted octanol–water partition coefficient (Wildman–Crippen LogP) is 4.12. The van der Waals surface area contributed by atoms with E-state index in [2.05, 4.69) is 17.3 Å². The maximum atomic E-state index is 13.5. The molecular weight excluding hydrogens is 431 g/mol. The number of amides is 1. The van der Waals surface area contributed by atoms with Gasteiger partial charge in [-0.1, -0.05) is 29.8 Å². The van der Waals surface area contributed by atoms with E-state index < -0.39 is 23.8 Å². The van der Waals surface area contributed by atoms with Gasteiger partial charge in [-0.05, 0) is 61.7 Å². The van der Waals surface area contributed by atoms with Crippen LogP contribution >= 0.6 is 11.6 Å². The molecule has 0 radical (unpaired) electrons. The first-order chi connectivity index (χ1) is 14.5. The third-order valence-corrected chi connectivity index (χ3v) is 5.27. The number of hydrogen-bond acceptors (Lipinski definition) is 4.